The summed E-state index contributed by atoms with van der Waals surface area (Å²) in [4.78, 5) is 4.61. The van der Waals surface area contributed by atoms with Crippen LogP contribution in [0.25, 0.3) is 0 Å². The van der Waals surface area contributed by atoms with Crippen LogP contribution in [0.15, 0.2) is 65.2 Å². The number of hydrogen-bond acceptors (Lipinski definition) is 5. The third kappa shape index (κ3) is 5.45. The van der Waals surface area contributed by atoms with Crippen LogP contribution in [0.4, 0.5) is 0 Å². The zero-order valence-corrected chi connectivity index (χ0v) is 19.5. The quantitative estimate of drug-likeness (QED) is 0.467. The number of sulfonamides is 1. The van der Waals surface area contributed by atoms with Crippen molar-refractivity contribution in [2.24, 2.45) is 5.92 Å². The minimum atomic E-state index is -3.44. The van der Waals surface area contributed by atoms with Crippen LogP contribution >= 0.6 is 0 Å². The molecular formula is C25H31N3O3S. The molecule has 1 fully saturated rings. The molecule has 1 saturated heterocycles. The highest BCUT2D eigenvalue weighted by atomic mass is 32.2. The smallest absolute Gasteiger partial charge is 0.245 e. The van der Waals surface area contributed by atoms with Crippen molar-refractivity contribution in [1.82, 2.24) is 14.4 Å². The Morgan fingerprint density at radius 3 is 2.41 bits per heavy atom. The lowest BCUT2D eigenvalue weighted by Gasteiger charge is -2.22. The zero-order valence-electron chi connectivity index (χ0n) is 18.7. The molecule has 32 heavy (non-hydrogen) atoms. The summed E-state index contributed by atoms with van der Waals surface area (Å²) in [7, 11) is -3.44. The van der Waals surface area contributed by atoms with Crippen LogP contribution in [-0.2, 0) is 22.9 Å². The van der Waals surface area contributed by atoms with Gasteiger partial charge in [0, 0.05) is 13.0 Å². The monoisotopic (exact) mass is 453 g/mol. The Morgan fingerprint density at radius 1 is 1.03 bits per heavy atom. The summed E-state index contributed by atoms with van der Waals surface area (Å²) in [5, 5.41) is 4.16. The molecule has 0 spiro atoms. The van der Waals surface area contributed by atoms with E-state index in [2.05, 4.69) is 34.4 Å². The van der Waals surface area contributed by atoms with Crippen molar-refractivity contribution in [2.45, 2.75) is 51.5 Å². The number of aromatic nitrogens is 2. The summed E-state index contributed by atoms with van der Waals surface area (Å²) >= 11 is 0. The van der Waals surface area contributed by atoms with Crippen molar-refractivity contribution in [3.8, 4) is 0 Å². The zero-order chi connectivity index (χ0) is 22.6. The molecule has 4 rings (SSSR count). The average molecular weight is 454 g/mol. The summed E-state index contributed by atoms with van der Waals surface area (Å²) < 4.78 is 33.5. The van der Waals surface area contributed by atoms with Gasteiger partial charge in [0.05, 0.1) is 5.75 Å². The lowest BCUT2D eigenvalue weighted by molar-refractivity contribution is 0.288. The third-order valence-corrected chi connectivity index (χ3v) is 8.11. The molecule has 2 heterocycles. The van der Waals surface area contributed by atoms with E-state index in [9.17, 15) is 8.42 Å². The van der Waals surface area contributed by atoms with E-state index in [-0.39, 0.29) is 17.6 Å². The molecule has 7 heteroatoms. The van der Waals surface area contributed by atoms with Crippen LogP contribution in [0.1, 0.15) is 61.5 Å². The van der Waals surface area contributed by atoms with Gasteiger partial charge in [-0.2, -0.15) is 9.29 Å². The topological polar surface area (TPSA) is 76.3 Å². The van der Waals surface area contributed by atoms with Crippen LogP contribution in [0.3, 0.4) is 0 Å². The molecule has 0 radical (unpaired) electrons. The Labute approximate surface area is 190 Å². The molecule has 0 aliphatic carbocycles. The fourth-order valence-corrected chi connectivity index (χ4v) is 6.43. The van der Waals surface area contributed by atoms with E-state index >= 15 is 0 Å². The van der Waals surface area contributed by atoms with Crippen LogP contribution in [0, 0.1) is 5.92 Å². The van der Waals surface area contributed by atoms with E-state index in [1.54, 1.807) is 4.31 Å². The highest BCUT2D eigenvalue weighted by Crippen LogP contribution is 2.42. The lowest BCUT2D eigenvalue weighted by Crippen LogP contribution is -2.34. The van der Waals surface area contributed by atoms with Gasteiger partial charge in [-0.25, -0.2) is 8.42 Å². The van der Waals surface area contributed by atoms with Gasteiger partial charge in [-0.15, -0.1) is 0 Å². The largest absolute Gasteiger partial charge is 0.338 e. The van der Waals surface area contributed by atoms with E-state index in [1.165, 1.54) is 5.56 Å². The Morgan fingerprint density at radius 2 is 1.72 bits per heavy atom. The molecule has 3 aromatic rings. The van der Waals surface area contributed by atoms with Gasteiger partial charge in [-0.1, -0.05) is 79.7 Å². The van der Waals surface area contributed by atoms with Gasteiger partial charge in [-0.05, 0) is 42.2 Å². The van der Waals surface area contributed by atoms with Crippen molar-refractivity contribution in [3.63, 3.8) is 0 Å². The molecular weight excluding hydrogens is 422 g/mol. The predicted octanol–water partition coefficient (Wildman–Crippen LogP) is 4.76. The van der Waals surface area contributed by atoms with Crippen molar-refractivity contribution in [1.29, 1.82) is 0 Å². The SMILES string of the molecule is CC(C)CS(=O)(=O)N1C[C@@H](c2ccccc2)C[C@H]1c1nc(CCCc2ccccc2)no1. The lowest BCUT2D eigenvalue weighted by atomic mass is 9.96. The number of aryl methyl sites for hydroxylation is 2. The van der Waals surface area contributed by atoms with E-state index in [0.29, 0.717) is 31.1 Å². The molecule has 0 bridgehead atoms. The van der Waals surface area contributed by atoms with E-state index in [1.807, 2.05) is 50.2 Å². The van der Waals surface area contributed by atoms with Gasteiger partial charge in [0.25, 0.3) is 0 Å². The molecule has 1 aliphatic rings. The fourth-order valence-electron chi connectivity index (χ4n) is 4.42. The van der Waals surface area contributed by atoms with E-state index in [0.717, 1.165) is 18.4 Å². The maximum Gasteiger partial charge on any atom is 0.245 e. The number of benzene rings is 2. The summed E-state index contributed by atoms with van der Waals surface area (Å²) in [6.07, 6.45) is 3.20. The van der Waals surface area contributed by atoms with E-state index in [4.69, 9.17) is 4.52 Å². The summed E-state index contributed by atoms with van der Waals surface area (Å²) in [5.74, 6) is 1.32. The Bertz CT molecular complexity index is 1100. The summed E-state index contributed by atoms with van der Waals surface area (Å²) in [6.45, 7) is 4.29. The maximum atomic E-state index is 13.2. The van der Waals surface area contributed by atoms with Crippen molar-refractivity contribution < 1.29 is 12.9 Å². The Hall–Kier alpha value is -2.51. The highest BCUT2D eigenvalue weighted by molar-refractivity contribution is 7.89. The summed E-state index contributed by atoms with van der Waals surface area (Å²) in [6, 6.07) is 20.0. The summed E-state index contributed by atoms with van der Waals surface area (Å²) in [5.41, 5.74) is 2.42. The molecule has 0 saturated carbocycles. The molecule has 0 unspecified atom stereocenters. The minimum Gasteiger partial charge on any atom is -0.338 e. The highest BCUT2D eigenvalue weighted by Gasteiger charge is 2.43. The maximum absolute atomic E-state index is 13.2. The van der Waals surface area contributed by atoms with Gasteiger partial charge in [-0.3, -0.25) is 0 Å². The number of nitrogens with zero attached hydrogens (tertiary/aromatic N) is 3. The van der Waals surface area contributed by atoms with Crippen LogP contribution in [0.2, 0.25) is 0 Å². The number of hydrogen-bond donors (Lipinski definition) is 0. The molecule has 2 aromatic carbocycles. The minimum absolute atomic E-state index is 0.0488. The molecule has 6 nitrogen and oxygen atoms in total. The molecule has 170 valence electrons. The van der Waals surface area contributed by atoms with Crippen LogP contribution in [-0.4, -0.2) is 35.2 Å². The molecule has 1 aliphatic heterocycles. The van der Waals surface area contributed by atoms with E-state index < -0.39 is 16.1 Å². The molecule has 2 atom stereocenters. The second kappa shape index (κ2) is 9.96. The molecule has 0 N–H and O–H groups in total. The second-order valence-electron chi connectivity index (χ2n) is 8.99. The first-order valence-electron chi connectivity index (χ1n) is 11.3. The average Bonchev–Trinajstić information content (AvgIpc) is 3.42. The van der Waals surface area contributed by atoms with Crippen molar-refractivity contribution >= 4 is 10.0 Å². The predicted molar refractivity (Wildman–Crippen MR) is 125 cm³/mol. The third-order valence-electron chi connectivity index (χ3n) is 5.91. The number of rotatable bonds is 9. The van der Waals surface area contributed by atoms with Gasteiger partial charge in [0.2, 0.25) is 15.9 Å². The van der Waals surface area contributed by atoms with Gasteiger partial charge in [0.1, 0.15) is 6.04 Å². The first kappa shape index (κ1) is 22.7. The Kier molecular flexibility index (Phi) is 7.06. The second-order valence-corrected chi connectivity index (χ2v) is 11.0. The first-order valence-corrected chi connectivity index (χ1v) is 12.9. The van der Waals surface area contributed by atoms with Gasteiger partial charge >= 0.3 is 0 Å². The molecule has 0 amide bonds. The normalized spacial score (nSPS) is 19.6. The first-order chi connectivity index (χ1) is 15.4. The van der Waals surface area contributed by atoms with Crippen molar-refractivity contribution in [2.75, 3.05) is 12.3 Å². The van der Waals surface area contributed by atoms with Crippen LogP contribution < -0.4 is 0 Å². The molecule has 1 aromatic heterocycles. The standard InChI is InChI=1S/C25H31N3O3S/c1-19(2)18-32(29,30)28-17-22(21-13-7-4-8-14-21)16-23(28)25-26-24(27-31-25)15-9-12-20-10-5-3-6-11-20/h3-8,10-11,13-14,19,22-23H,9,12,15-18H2,1-2H3/t22-,23-/m0/s1. The van der Waals surface area contributed by atoms with Gasteiger partial charge in [0.15, 0.2) is 5.82 Å². The van der Waals surface area contributed by atoms with Crippen molar-refractivity contribution in [3.05, 3.63) is 83.5 Å². The van der Waals surface area contributed by atoms with Crippen LogP contribution in [0.5, 0.6) is 0 Å². The fraction of sp³-hybridized carbons (Fsp3) is 0.440. The Balaban J connectivity index is 1.50. The van der Waals surface area contributed by atoms with Gasteiger partial charge < -0.3 is 4.52 Å².